The molecule has 0 amide bonds. The van der Waals surface area contributed by atoms with E-state index in [0.717, 1.165) is 0 Å². The summed E-state index contributed by atoms with van der Waals surface area (Å²) in [5, 5.41) is 17.5. The van der Waals surface area contributed by atoms with E-state index in [9.17, 15) is 9.59 Å². The lowest BCUT2D eigenvalue weighted by Crippen LogP contribution is -2.39. The second-order valence-corrected chi connectivity index (χ2v) is 3.54. The van der Waals surface area contributed by atoms with Gasteiger partial charge in [-0.15, -0.1) is 0 Å². The van der Waals surface area contributed by atoms with Gasteiger partial charge in [-0.1, -0.05) is 6.07 Å². The zero-order chi connectivity index (χ0) is 12.0. The topological polar surface area (TPSA) is 78.5 Å². The molecule has 5 nitrogen and oxygen atoms in total. The maximum atomic E-state index is 10.9. The zero-order valence-corrected chi connectivity index (χ0v) is 8.74. The van der Waals surface area contributed by atoms with Crippen molar-refractivity contribution in [3.05, 3.63) is 30.6 Å². The van der Waals surface area contributed by atoms with Gasteiger partial charge < -0.3 is 10.2 Å². The molecule has 0 aliphatic carbocycles. The number of hydrogen-bond donors (Lipinski definition) is 2. The molecule has 0 aromatic carbocycles. The number of carboxylic acid groups (broad SMARTS) is 2. The molecule has 1 aromatic heterocycles. The minimum atomic E-state index is -0.968. The Balaban J connectivity index is 2.58. The highest BCUT2D eigenvalue weighted by atomic mass is 16.4. The Morgan fingerprint density at radius 2 is 1.75 bits per heavy atom. The molecule has 16 heavy (non-hydrogen) atoms. The molecule has 0 aliphatic rings. The van der Waals surface area contributed by atoms with Crippen LogP contribution in [0.2, 0.25) is 0 Å². The number of hydrogen-bond acceptors (Lipinski definition) is 2. The van der Waals surface area contributed by atoms with E-state index in [1.165, 1.54) is 0 Å². The fourth-order valence-electron chi connectivity index (χ4n) is 1.40. The zero-order valence-electron chi connectivity index (χ0n) is 8.74. The van der Waals surface area contributed by atoms with Crippen LogP contribution < -0.4 is 4.57 Å². The van der Waals surface area contributed by atoms with Crippen molar-refractivity contribution >= 4 is 11.9 Å². The molecule has 0 spiro atoms. The van der Waals surface area contributed by atoms with Crippen molar-refractivity contribution < 1.29 is 24.4 Å². The third-order valence-electron chi connectivity index (χ3n) is 2.26. The fourth-order valence-corrected chi connectivity index (χ4v) is 1.40. The Bertz CT molecular complexity index is 364. The number of pyridine rings is 1. The molecule has 1 aromatic rings. The quantitative estimate of drug-likeness (QED) is 0.691. The molecular formula is C11H14NO4+. The second-order valence-electron chi connectivity index (χ2n) is 3.54. The Hall–Kier alpha value is -1.91. The summed E-state index contributed by atoms with van der Waals surface area (Å²) in [4.78, 5) is 21.3. The van der Waals surface area contributed by atoms with Gasteiger partial charge in [0.2, 0.25) is 0 Å². The summed E-state index contributed by atoms with van der Waals surface area (Å²) < 4.78 is 1.74. The van der Waals surface area contributed by atoms with E-state index in [-0.39, 0.29) is 12.8 Å². The highest BCUT2D eigenvalue weighted by Crippen LogP contribution is 2.07. The van der Waals surface area contributed by atoms with Crippen molar-refractivity contribution in [3.8, 4) is 0 Å². The second kappa shape index (κ2) is 5.85. The fraction of sp³-hybridized carbons (Fsp3) is 0.364. The van der Waals surface area contributed by atoms with Crippen LogP contribution in [0, 0.1) is 5.92 Å². The number of rotatable bonds is 6. The molecule has 1 unspecified atom stereocenters. The predicted molar refractivity (Wildman–Crippen MR) is 54.6 cm³/mol. The van der Waals surface area contributed by atoms with Crippen LogP contribution in [-0.4, -0.2) is 22.2 Å². The molecule has 2 N–H and O–H groups in total. The molecular weight excluding hydrogens is 210 g/mol. The maximum Gasteiger partial charge on any atom is 0.312 e. The SMILES string of the molecule is O=C(O)CCC(C[n+]1ccccc1)C(=O)O. The number of nitrogens with zero attached hydrogens (tertiary/aromatic N) is 1. The number of carbonyl (C=O) groups is 2. The van der Waals surface area contributed by atoms with Crippen molar-refractivity contribution in [2.24, 2.45) is 5.92 Å². The summed E-state index contributed by atoms with van der Waals surface area (Å²) in [7, 11) is 0. The van der Waals surface area contributed by atoms with E-state index in [1.807, 2.05) is 6.07 Å². The first-order valence-electron chi connectivity index (χ1n) is 4.98. The lowest BCUT2D eigenvalue weighted by molar-refractivity contribution is -0.701. The van der Waals surface area contributed by atoms with Gasteiger partial charge in [0.25, 0.3) is 0 Å². The Labute approximate surface area is 93.0 Å². The lowest BCUT2D eigenvalue weighted by Gasteiger charge is -2.06. The van der Waals surface area contributed by atoms with Crippen molar-refractivity contribution in [2.45, 2.75) is 19.4 Å². The van der Waals surface area contributed by atoms with E-state index in [4.69, 9.17) is 10.2 Å². The average Bonchev–Trinajstić information content (AvgIpc) is 2.25. The van der Waals surface area contributed by atoms with Crippen molar-refractivity contribution in [1.29, 1.82) is 0 Å². The Morgan fingerprint density at radius 3 is 2.25 bits per heavy atom. The number of aromatic nitrogens is 1. The Morgan fingerprint density at radius 1 is 1.12 bits per heavy atom. The molecule has 0 saturated heterocycles. The monoisotopic (exact) mass is 224 g/mol. The van der Waals surface area contributed by atoms with Gasteiger partial charge in [0, 0.05) is 18.6 Å². The normalized spacial score (nSPS) is 12.0. The third kappa shape index (κ3) is 4.08. The van der Waals surface area contributed by atoms with E-state index in [0.29, 0.717) is 6.54 Å². The number of carboxylic acids is 2. The van der Waals surface area contributed by atoms with Crippen LogP contribution in [0.5, 0.6) is 0 Å². The molecule has 0 aliphatic heterocycles. The first-order chi connectivity index (χ1) is 7.59. The molecule has 0 radical (unpaired) electrons. The van der Waals surface area contributed by atoms with Gasteiger partial charge in [-0.2, -0.15) is 0 Å². The molecule has 1 atom stereocenters. The van der Waals surface area contributed by atoms with Gasteiger partial charge >= 0.3 is 11.9 Å². The van der Waals surface area contributed by atoms with Crippen LogP contribution in [0.15, 0.2) is 30.6 Å². The number of aliphatic carboxylic acids is 2. The summed E-state index contributed by atoms with van der Waals surface area (Å²) >= 11 is 0. The van der Waals surface area contributed by atoms with Crippen LogP contribution in [0.25, 0.3) is 0 Å². The third-order valence-corrected chi connectivity index (χ3v) is 2.26. The van der Waals surface area contributed by atoms with Gasteiger partial charge in [-0.25, -0.2) is 4.57 Å². The van der Waals surface area contributed by atoms with Gasteiger partial charge in [0.05, 0.1) is 0 Å². The van der Waals surface area contributed by atoms with E-state index < -0.39 is 17.9 Å². The summed E-state index contributed by atoms with van der Waals surface area (Å²) in [6.45, 7) is 0.295. The van der Waals surface area contributed by atoms with Crippen molar-refractivity contribution in [1.82, 2.24) is 0 Å². The molecule has 86 valence electrons. The minimum Gasteiger partial charge on any atom is -0.481 e. The van der Waals surface area contributed by atoms with Crippen LogP contribution in [0.1, 0.15) is 12.8 Å². The molecule has 0 fully saturated rings. The minimum absolute atomic E-state index is 0.121. The van der Waals surface area contributed by atoms with Gasteiger partial charge in [-0.05, 0) is 6.42 Å². The molecule has 0 saturated carbocycles. The van der Waals surface area contributed by atoms with Crippen LogP contribution in [-0.2, 0) is 16.1 Å². The maximum absolute atomic E-state index is 10.9. The first-order valence-corrected chi connectivity index (χ1v) is 4.98. The van der Waals surface area contributed by atoms with E-state index in [1.54, 1.807) is 29.1 Å². The largest absolute Gasteiger partial charge is 0.481 e. The summed E-state index contributed by atoms with van der Waals surface area (Å²) in [5.41, 5.74) is 0. The van der Waals surface area contributed by atoms with Gasteiger partial charge in [-0.3, -0.25) is 9.59 Å². The van der Waals surface area contributed by atoms with Crippen LogP contribution in [0.3, 0.4) is 0 Å². The first kappa shape index (κ1) is 12.2. The molecule has 1 rings (SSSR count). The highest BCUT2D eigenvalue weighted by Gasteiger charge is 2.22. The van der Waals surface area contributed by atoms with Crippen LogP contribution in [0.4, 0.5) is 0 Å². The smallest absolute Gasteiger partial charge is 0.312 e. The molecule has 1 heterocycles. The van der Waals surface area contributed by atoms with Gasteiger partial charge in [0.15, 0.2) is 18.9 Å². The van der Waals surface area contributed by atoms with Gasteiger partial charge in [0.1, 0.15) is 5.92 Å². The van der Waals surface area contributed by atoms with Crippen molar-refractivity contribution in [2.75, 3.05) is 0 Å². The predicted octanol–water partition coefficient (Wildman–Crippen LogP) is 0.540. The lowest BCUT2D eigenvalue weighted by atomic mass is 10.0. The highest BCUT2D eigenvalue weighted by molar-refractivity contribution is 5.71. The van der Waals surface area contributed by atoms with Crippen LogP contribution >= 0.6 is 0 Å². The molecule has 5 heteroatoms. The van der Waals surface area contributed by atoms with E-state index in [2.05, 4.69) is 0 Å². The summed E-state index contributed by atoms with van der Waals surface area (Å²) in [6, 6.07) is 5.44. The summed E-state index contributed by atoms with van der Waals surface area (Å²) in [5.74, 6) is -2.59. The Kier molecular flexibility index (Phi) is 4.44. The van der Waals surface area contributed by atoms with Crippen molar-refractivity contribution in [3.63, 3.8) is 0 Å². The molecule has 0 bridgehead atoms. The average molecular weight is 224 g/mol. The standard InChI is InChI=1S/C11H13NO4/c13-10(14)5-4-9(11(15)16)8-12-6-2-1-3-7-12/h1-3,6-7,9H,4-5,8H2,(H-,13,14,15,16)/p+1. The summed E-state index contributed by atoms with van der Waals surface area (Å²) in [6.07, 6.45) is 3.55. The van der Waals surface area contributed by atoms with E-state index >= 15 is 0 Å².